The molecule has 3 rings (SSSR count). The van der Waals surface area contributed by atoms with Crippen molar-refractivity contribution in [2.75, 3.05) is 11.9 Å². The average Bonchev–Trinajstić information content (AvgIpc) is 2.59. The molecular formula is C18H26N2O4S. The standard InChI is InChI=1S/C18H26N2O4S/c1-3-4-8-17-18(21)19-15-12-14(9-10-16(15)24-17)25(22,23)20-11-6-5-7-13(20)2/h9-10,12-13,17H,3-8,11H2,1-2H3,(H,19,21)/t13-,17+/m0/s1. The van der Waals surface area contributed by atoms with Crippen LogP contribution in [0.3, 0.4) is 0 Å². The number of carbonyl (C=O) groups is 1. The van der Waals surface area contributed by atoms with Gasteiger partial charge in [-0.15, -0.1) is 0 Å². The van der Waals surface area contributed by atoms with Gasteiger partial charge in [-0.2, -0.15) is 4.31 Å². The third kappa shape index (κ3) is 3.67. The molecule has 25 heavy (non-hydrogen) atoms. The van der Waals surface area contributed by atoms with Gasteiger partial charge in [-0.05, 0) is 50.8 Å². The maximum absolute atomic E-state index is 12.9. The molecule has 138 valence electrons. The van der Waals surface area contributed by atoms with Crippen LogP contribution in [0.15, 0.2) is 23.1 Å². The lowest BCUT2D eigenvalue weighted by Gasteiger charge is -2.32. The second kappa shape index (κ2) is 7.33. The van der Waals surface area contributed by atoms with E-state index in [1.807, 2.05) is 6.92 Å². The lowest BCUT2D eigenvalue weighted by molar-refractivity contribution is -0.123. The van der Waals surface area contributed by atoms with E-state index < -0.39 is 16.1 Å². The average molecular weight is 366 g/mol. The van der Waals surface area contributed by atoms with Crippen LogP contribution in [0.25, 0.3) is 0 Å². The number of hydrogen-bond donors (Lipinski definition) is 1. The van der Waals surface area contributed by atoms with Crippen LogP contribution in [0.5, 0.6) is 5.75 Å². The van der Waals surface area contributed by atoms with Crippen molar-refractivity contribution < 1.29 is 17.9 Å². The Morgan fingerprint density at radius 1 is 1.32 bits per heavy atom. The summed E-state index contributed by atoms with van der Waals surface area (Å²) in [7, 11) is -3.56. The number of amides is 1. The molecule has 0 radical (unpaired) electrons. The zero-order chi connectivity index (χ0) is 18.0. The fourth-order valence-corrected chi connectivity index (χ4v) is 5.16. The first-order chi connectivity index (χ1) is 11.9. The summed E-state index contributed by atoms with van der Waals surface area (Å²) >= 11 is 0. The topological polar surface area (TPSA) is 75.7 Å². The molecular weight excluding hydrogens is 340 g/mol. The summed E-state index contributed by atoms with van der Waals surface area (Å²) < 4.78 is 33.2. The molecule has 6 nitrogen and oxygen atoms in total. The smallest absolute Gasteiger partial charge is 0.265 e. The van der Waals surface area contributed by atoms with Crippen LogP contribution in [0.4, 0.5) is 5.69 Å². The summed E-state index contributed by atoms with van der Waals surface area (Å²) in [6.45, 7) is 4.55. The van der Waals surface area contributed by atoms with Crippen molar-refractivity contribution in [2.24, 2.45) is 0 Å². The number of rotatable bonds is 5. The number of piperidine rings is 1. The Morgan fingerprint density at radius 3 is 2.84 bits per heavy atom. The summed E-state index contributed by atoms with van der Waals surface area (Å²) in [5, 5.41) is 2.80. The molecule has 2 aliphatic rings. The molecule has 1 aromatic carbocycles. The van der Waals surface area contributed by atoms with Gasteiger partial charge in [-0.3, -0.25) is 4.79 Å². The molecule has 1 aromatic rings. The second-order valence-electron chi connectivity index (χ2n) is 6.86. The molecule has 1 fully saturated rings. The van der Waals surface area contributed by atoms with E-state index in [9.17, 15) is 13.2 Å². The highest BCUT2D eigenvalue weighted by atomic mass is 32.2. The van der Waals surface area contributed by atoms with Crippen LogP contribution >= 0.6 is 0 Å². The fraction of sp³-hybridized carbons (Fsp3) is 0.611. The molecule has 1 amide bonds. The molecule has 2 atom stereocenters. The quantitative estimate of drug-likeness (QED) is 0.869. The van der Waals surface area contributed by atoms with Gasteiger partial charge in [0.15, 0.2) is 6.10 Å². The molecule has 0 aliphatic carbocycles. The first-order valence-corrected chi connectivity index (χ1v) is 10.5. The van der Waals surface area contributed by atoms with E-state index in [2.05, 4.69) is 12.2 Å². The van der Waals surface area contributed by atoms with Crippen LogP contribution < -0.4 is 10.1 Å². The summed E-state index contributed by atoms with van der Waals surface area (Å²) in [5.41, 5.74) is 0.434. The Balaban J connectivity index is 1.84. The van der Waals surface area contributed by atoms with Gasteiger partial charge in [0.05, 0.1) is 10.6 Å². The highest BCUT2D eigenvalue weighted by Gasteiger charge is 2.33. The molecule has 1 N–H and O–H groups in total. The minimum absolute atomic E-state index is 0.000882. The van der Waals surface area contributed by atoms with E-state index in [4.69, 9.17) is 4.74 Å². The number of nitrogens with zero attached hydrogens (tertiary/aromatic N) is 1. The zero-order valence-electron chi connectivity index (χ0n) is 14.8. The Hall–Kier alpha value is -1.60. The molecule has 0 saturated carbocycles. The predicted octanol–water partition coefficient (Wildman–Crippen LogP) is 3.14. The van der Waals surface area contributed by atoms with Crippen molar-refractivity contribution in [2.45, 2.75) is 69.4 Å². The lowest BCUT2D eigenvalue weighted by atomic mass is 10.1. The van der Waals surface area contributed by atoms with Crippen LogP contribution in [0.2, 0.25) is 0 Å². The summed E-state index contributed by atoms with van der Waals surface area (Å²) in [6.07, 6.45) is 4.87. The maximum Gasteiger partial charge on any atom is 0.265 e. The normalized spacial score (nSPS) is 24.3. The van der Waals surface area contributed by atoms with Gasteiger partial charge in [0.1, 0.15) is 5.75 Å². The van der Waals surface area contributed by atoms with E-state index in [1.54, 1.807) is 16.4 Å². The van der Waals surface area contributed by atoms with Gasteiger partial charge in [-0.1, -0.05) is 19.8 Å². The highest BCUT2D eigenvalue weighted by molar-refractivity contribution is 7.89. The Labute approximate surface area is 149 Å². The summed E-state index contributed by atoms with van der Waals surface area (Å²) in [5.74, 6) is 0.327. The number of ether oxygens (including phenoxy) is 1. The van der Waals surface area contributed by atoms with Crippen LogP contribution in [-0.2, 0) is 14.8 Å². The first kappa shape index (κ1) is 18.2. The Bertz CT molecular complexity index is 747. The first-order valence-electron chi connectivity index (χ1n) is 9.07. The molecule has 0 unspecified atom stereocenters. The molecule has 0 aromatic heterocycles. The van der Waals surface area contributed by atoms with E-state index in [1.165, 1.54) is 6.07 Å². The lowest BCUT2D eigenvalue weighted by Crippen LogP contribution is -2.42. The van der Waals surface area contributed by atoms with Gasteiger partial charge in [-0.25, -0.2) is 8.42 Å². The van der Waals surface area contributed by atoms with Crippen LogP contribution in [-0.4, -0.2) is 37.3 Å². The Morgan fingerprint density at radius 2 is 2.12 bits per heavy atom. The van der Waals surface area contributed by atoms with E-state index >= 15 is 0 Å². The molecule has 0 spiro atoms. The monoisotopic (exact) mass is 366 g/mol. The summed E-state index contributed by atoms with van der Waals surface area (Å²) in [6, 6.07) is 4.73. The van der Waals surface area contributed by atoms with Gasteiger partial charge in [0, 0.05) is 12.6 Å². The molecule has 0 bridgehead atoms. The molecule has 1 saturated heterocycles. The number of benzene rings is 1. The number of sulfonamides is 1. The number of anilines is 1. The second-order valence-corrected chi connectivity index (χ2v) is 8.75. The number of fused-ring (bicyclic) bond motifs is 1. The third-order valence-electron chi connectivity index (χ3n) is 4.94. The van der Waals surface area contributed by atoms with Gasteiger partial charge >= 0.3 is 0 Å². The number of carbonyl (C=O) groups excluding carboxylic acids is 1. The van der Waals surface area contributed by atoms with Crippen LogP contribution in [0, 0.1) is 0 Å². The van der Waals surface area contributed by atoms with Crippen molar-refractivity contribution in [3.63, 3.8) is 0 Å². The summed E-state index contributed by atoms with van der Waals surface area (Å²) in [4.78, 5) is 12.4. The van der Waals surface area contributed by atoms with Gasteiger partial charge in [0.2, 0.25) is 10.0 Å². The maximum atomic E-state index is 12.9. The molecule has 2 aliphatic heterocycles. The molecule has 7 heteroatoms. The van der Waals surface area contributed by atoms with Crippen LogP contribution in [0.1, 0.15) is 52.4 Å². The zero-order valence-corrected chi connectivity index (χ0v) is 15.6. The molecule has 2 heterocycles. The number of hydrogen-bond acceptors (Lipinski definition) is 4. The SMILES string of the molecule is CCCC[C@H]1Oc2ccc(S(=O)(=O)N3CCCC[C@@H]3C)cc2NC1=O. The van der Waals surface area contributed by atoms with E-state index in [0.717, 1.165) is 32.1 Å². The van der Waals surface area contributed by atoms with Crippen molar-refractivity contribution in [3.8, 4) is 5.75 Å². The fourth-order valence-electron chi connectivity index (χ4n) is 3.43. The van der Waals surface area contributed by atoms with Crippen molar-refractivity contribution >= 4 is 21.6 Å². The van der Waals surface area contributed by atoms with Crippen molar-refractivity contribution in [3.05, 3.63) is 18.2 Å². The minimum atomic E-state index is -3.56. The number of nitrogens with one attached hydrogen (secondary N) is 1. The largest absolute Gasteiger partial charge is 0.478 e. The van der Waals surface area contributed by atoms with Gasteiger partial charge < -0.3 is 10.1 Å². The van der Waals surface area contributed by atoms with Crippen molar-refractivity contribution in [1.82, 2.24) is 4.31 Å². The van der Waals surface area contributed by atoms with Crippen molar-refractivity contribution in [1.29, 1.82) is 0 Å². The predicted molar refractivity (Wildman–Crippen MR) is 96.2 cm³/mol. The third-order valence-corrected chi connectivity index (χ3v) is 6.95. The highest BCUT2D eigenvalue weighted by Crippen LogP contribution is 2.34. The van der Waals surface area contributed by atoms with Gasteiger partial charge in [0.25, 0.3) is 5.91 Å². The number of unbranched alkanes of at least 4 members (excludes halogenated alkanes) is 1. The minimum Gasteiger partial charge on any atom is -0.478 e. The van der Waals surface area contributed by atoms with E-state index in [-0.39, 0.29) is 16.8 Å². The Kier molecular flexibility index (Phi) is 5.34. The van der Waals surface area contributed by atoms with E-state index in [0.29, 0.717) is 24.4 Å².